The molecule has 1 aliphatic rings. The Morgan fingerprint density at radius 2 is 2.25 bits per heavy atom. The highest BCUT2D eigenvalue weighted by molar-refractivity contribution is 9.10. The highest BCUT2D eigenvalue weighted by atomic mass is 79.9. The Labute approximate surface area is 101 Å². The summed E-state index contributed by atoms with van der Waals surface area (Å²) >= 11 is 3.32. The van der Waals surface area contributed by atoms with E-state index in [1.807, 2.05) is 0 Å². The lowest BCUT2D eigenvalue weighted by atomic mass is 10.3. The van der Waals surface area contributed by atoms with Crippen LogP contribution in [0.4, 0.5) is 10.1 Å². The Hall–Kier alpha value is -1.14. The van der Waals surface area contributed by atoms with E-state index >= 15 is 0 Å². The molecule has 1 aromatic rings. The smallest absolute Gasteiger partial charge is 0.210 e. The number of aliphatic imine (C=N–C) groups is 1. The molecule has 0 spiro atoms. The van der Waals surface area contributed by atoms with Crippen LogP contribution in [0.3, 0.4) is 0 Å². The van der Waals surface area contributed by atoms with Gasteiger partial charge < -0.3 is 5.32 Å². The van der Waals surface area contributed by atoms with Crippen molar-refractivity contribution in [2.45, 2.75) is 18.9 Å². The number of hydrogen-bond donors (Lipinski definition) is 3. The van der Waals surface area contributed by atoms with E-state index < -0.39 is 0 Å². The quantitative estimate of drug-likeness (QED) is 0.337. The number of nitrogens with one attached hydrogen (secondary N) is 2. The van der Waals surface area contributed by atoms with Gasteiger partial charge in [0.25, 0.3) is 0 Å². The van der Waals surface area contributed by atoms with E-state index in [1.165, 1.54) is 12.1 Å². The van der Waals surface area contributed by atoms with Crippen molar-refractivity contribution in [3.8, 4) is 0 Å². The van der Waals surface area contributed by atoms with Gasteiger partial charge in [-0.2, -0.15) is 0 Å². The van der Waals surface area contributed by atoms with Gasteiger partial charge in [0.2, 0.25) is 5.96 Å². The molecule has 0 unspecified atom stereocenters. The van der Waals surface area contributed by atoms with Crippen molar-refractivity contribution in [1.29, 1.82) is 0 Å². The standard InChI is InChI=1S/C10H12BrFN4/c11-8-4-1-6(12)5-9(8)15-10(16-13)14-7-2-3-7/h1,4-5,7H,2-3,13H2,(H2,14,15,16). The number of hydrogen-bond acceptors (Lipinski definition) is 2. The summed E-state index contributed by atoms with van der Waals surface area (Å²) in [4.78, 5) is 4.30. The van der Waals surface area contributed by atoms with E-state index in [2.05, 4.69) is 31.7 Å². The fourth-order valence-corrected chi connectivity index (χ4v) is 1.56. The zero-order chi connectivity index (χ0) is 11.5. The van der Waals surface area contributed by atoms with Gasteiger partial charge in [0.15, 0.2) is 0 Å². The topological polar surface area (TPSA) is 62.4 Å². The Morgan fingerprint density at radius 1 is 1.50 bits per heavy atom. The molecule has 4 nitrogen and oxygen atoms in total. The maximum Gasteiger partial charge on any atom is 0.210 e. The number of rotatable bonds is 2. The molecule has 1 aliphatic carbocycles. The first kappa shape index (κ1) is 11.3. The number of nitrogens with zero attached hydrogens (tertiary/aromatic N) is 1. The maximum atomic E-state index is 13.0. The van der Waals surface area contributed by atoms with E-state index in [4.69, 9.17) is 5.84 Å². The van der Waals surface area contributed by atoms with Gasteiger partial charge in [0, 0.05) is 4.47 Å². The van der Waals surface area contributed by atoms with E-state index in [9.17, 15) is 4.39 Å². The molecular weight excluding hydrogens is 275 g/mol. The molecule has 4 N–H and O–H groups in total. The van der Waals surface area contributed by atoms with Crippen LogP contribution >= 0.6 is 15.9 Å². The fourth-order valence-electron chi connectivity index (χ4n) is 1.21. The minimum atomic E-state index is -0.312. The summed E-state index contributed by atoms with van der Waals surface area (Å²) in [6.45, 7) is 0. The molecule has 0 bridgehead atoms. The third-order valence-electron chi connectivity index (χ3n) is 2.18. The van der Waals surface area contributed by atoms with E-state index in [1.54, 1.807) is 6.07 Å². The predicted octanol–water partition coefficient (Wildman–Crippen LogP) is 1.98. The number of anilines is 1. The lowest BCUT2D eigenvalue weighted by Gasteiger charge is -2.10. The molecule has 0 heterocycles. The van der Waals surface area contributed by atoms with Gasteiger partial charge in [-0.1, -0.05) is 0 Å². The van der Waals surface area contributed by atoms with Crippen molar-refractivity contribution >= 4 is 27.6 Å². The molecule has 1 fully saturated rings. The molecule has 0 saturated heterocycles. The van der Waals surface area contributed by atoms with Gasteiger partial charge in [-0.15, -0.1) is 0 Å². The molecule has 0 atom stereocenters. The van der Waals surface area contributed by atoms with Crippen molar-refractivity contribution in [3.63, 3.8) is 0 Å². The first-order valence-electron chi connectivity index (χ1n) is 4.95. The summed E-state index contributed by atoms with van der Waals surface area (Å²) in [5.74, 6) is 5.47. The van der Waals surface area contributed by atoms with Crippen molar-refractivity contribution in [1.82, 2.24) is 5.43 Å². The van der Waals surface area contributed by atoms with Crippen LogP contribution in [0.15, 0.2) is 27.7 Å². The highest BCUT2D eigenvalue weighted by Crippen LogP contribution is 2.25. The molecular formula is C10H12BrFN4. The van der Waals surface area contributed by atoms with Crippen LogP contribution < -0.4 is 16.6 Å². The SMILES string of the molecule is NNC(=NC1CC1)Nc1cc(F)ccc1Br. The number of hydrazine groups is 1. The molecule has 0 aromatic heterocycles. The fraction of sp³-hybridized carbons (Fsp3) is 0.300. The average molecular weight is 287 g/mol. The zero-order valence-electron chi connectivity index (χ0n) is 8.50. The second kappa shape index (κ2) is 4.80. The summed E-state index contributed by atoms with van der Waals surface area (Å²) in [5, 5.41) is 2.94. The van der Waals surface area contributed by atoms with Gasteiger partial charge in [0.05, 0.1) is 11.7 Å². The third kappa shape index (κ3) is 2.93. The van der Waals surface area contributed by atoms with Gasteiger partial charge in [-0.25, -0.2) is 15.2 Å². The predicted molar refractivity (Wildman–Crippen MR) is 65.5 cm³/mol. The molecule has 2 rings (SSSR count). The van der Waals surface area contributed by atoms with Crippen LogP contribution in [0, 0.1) is 5.82 Å². The summed E-state index contributed by atoms with van der Waals surface area (Å²) in [5.41, 5.74) is 3.06. The molecule has 0 amide bonds. The van der Waals surface area contributed by atoms with Crippen LogP contribution in [0.5, 0.6) is 0 Å². The Morgan fingerprint density at radius 3 is 2.88 bits per heavy atom. The second-order valence-corrected chi connectivity index (χ2v) is 4.46. The lowest BCUT2D eigenvalue weighted by Crippen LogP contribution is -2.36. The molecule has 6 heteroatoms. The summed E-state index contributed by atoms with van der Waals surface area (Å²) in [6.07, 6.45) is 2.16. The minimum absolute atomic E-state index is 0.312. The molecule has 0 aliphatic heterocycles. The monoisotopic (exact) mass is 286 g/mol. The van der Waals surface area contributed by atoms with E-state index in [0.29, 0.717) is 17.7 Å². The average Bonchev–Trinajstić information content (AvgIpc) is 3.06. The summed E-state index contributed by atoms with van der Waals surface area (Å²) in [7, 11) is 0. The minimum Gasteiger partial charge on any atom is -0.324 e. The first-order valence-corrected chi connectivity index (χ1v) is 5.75. The van der Waals surface area contributed by atoms with Gasteiger partial charge in [-0.05, 0) is 47.0 Å². The second-order valence-electron chi connectivity index (χ2n) is 3.60. The van der Waals surface area contributed by atoms with Gasteiger partial charge in [0.1, 0.15) is 5.82 Å². The van der Waals surface area contributed by atoms with Crippen LogP contribution in [0.2, 0.25) is 0 Å². The molecule has 86 valence electrons. The largest absolute Gasteiger partial charge is 0.324 e. The van der Waals surface area contributed by atoms with Crippen molar-refractivity contribution in [3.05, 3.63) is 28.5 Å². The Kier molecular flexibility index (Phi) is 3.40. The van der Waals surface area contributed by atoms with Crippen molar-refractivity contribution < 1.29 is 4.39 Å². The van der Waals surface area contributed by atoms with Crippen LogP contribution in [0.1, 0.15) is 12.8 Å². The van der Waals surface area contributed by atoms with Crippen LogP contribution in [-0.2, 0) is 0 Å². The lowest BCUT2D eigenvalue weighted by molar-refractivity contribution is 0.628. The maximum absolute atomic E-state index is 13.0. The molecule has 0 radical (unpaired) electrons. The van der Waals surface area contributed by atoms with Crippen molar-refractivity contribution in [2.24, 2.45) is 10.8 Å². The Balaban J connectivity index is 2.14. The van der Waals surface area contributed by atoms with Gasteiger partial charge >= 0.3 is 0 Å². The zero-order valence-corrected chi connectivity index (χ0v) is 10.1. The summed E-state index contributed by atoms with van der Waals surface area (Å²) in [6, 6.07) is 4.72. The molecule has 1 saturated carbocycles. The Bertz CT molecular complexity index is 417. The van der Waals surface area contributed by atoms with Crippen molar-refractivity contribution in [2.75, 3.05) is 5.32 Å². The van der Waals surface area contributed by atoms with E-state index in [0.717, 1.165) is 17.3 Å². The van der Waals surface area contributed by atoms with E-state index in [-0.39, 0.29) is 5.82 Å². The number of halogens is 2. The molecule has 1 aromatic carbocycles. The van der Waals surface area contributed by atoms with Crippen LogP contribution in [-0.4, -0.2) is 12.0 Å². The normalized spacial score (nSPS) is 16.1. The van der Waals surface area contributed by atoms with Crippen LogP contribution in [0.25, 0.3) is 0 Å². The molecule has 16 heavy (non-hydrogen) atoms. The third-order valence-corrected chi connectivity index (χ3v) is 2.87. The number of benzene rings is 1. The summed E-state index contributed by atoms with van der Waals surface area (Å²) < 4.78 is 13.8. The number of nitrogens with two attached hydrogens (primary N) is 1. The first-order chi connectivity index (χ1) is 7.69. The highest BCUT2D eigenvalue weighted by Gasteiger charge is 2.21. The van der Waals surface area contributed by atoms with Gasteiger partial charge in [-0.3, -0.25) is 5.43 Å². The number of guanidine groups is 1.